The van der Waals surface area contributed by atoms with Crippen molar-refractivity contribution in [1.82, 2.24) is 0 Å². The number of nitrogens with two attached hydrogens (primary N) is 1. The van der Waals surface area contributed by atoms with Gasteiger partial charge in [-0.15, -0.1) is 0 Å². The molecule has 0 saturated heterocycles. The van der Waals surface area contributed by atoms with E-state index in [0.717, 1.165) is 22.6 Å². The first-order valence-electron chi connectivity index (χ1n) is 4.14. The number of benzene rings is 1. The fourth-order valence-corrected chi connectivity index (χ4v) is 1.30. The lowest BCUT2D eigenvalue weighted by atomic mass is 10.1. The van der Waals surface area contributed by atoms with Gasteiger partial charge in [0, 0.05) is 18.2 Å². The molecule has 3 heteroatoms. The Bertz CT molecular complexity index is 297. The Balaban J connectivity index is 3.18. The van der Waals surface area contributed by atoms with E-state index in [9.17, 15) is 0 Å². The van der Waals surface area contributed by atoms with Crippen LogP contribution in [0.25, 0.3) is 0 Å². The van der Waals surface area contributed by atoms with Gasteiger partial charge in [0.1, 0.15) is 11.5 Å². The molecule has 0 radical (unpaired) electrons. The van der Waals surface area contributed by atoms with Gasteiger partial charge in [-0.05, 0) is 18.6 Å². The Morgan fingerprint density at radius 2 is 1.77 bits per heavy atom. The zero-order valence-electron chi connectivity index (χ0n) is 8.26. The molecule has 0 heterocycles. The van der Waals surface area contributed by atoms with E-state index in [-0.39, 0.29) is 0 Å². The van der Waals surface area contributed by atoms with Crippen molar-refractivity contribution in [1.29, 1.82) is 0 Å². The third-order valence-electron chi connectivity index (χ3n) is 2.02. The number of rotatable bonds is 3. The molecule has 1 rings (SSSR count). The molecule has 1 aromatic carbocycles. The predicted molar refractivity (Wildman–Crippen MR) is 52.2 cm³/mol. The minimum Gasteiger partial charge on any atom is -0.496 e. The molecule has 13 heavy (non-hydrogen) atoms. The first-order valence-corrected chi connectivity index (χ1v) is 4.14. The molecular weight excluding hydrogens is 166 g/mol. The lowest BCUT2D eigenvalue weighted by Gasteiger charge is -2.11. The van der Waals surface area contributed by atoms with Crippen LogP contribution in [0.2, 0.25) is 0 Å². The first kappa shape index (κ1) is 9.86. The SMILES string of the molecule is COc1cc(OC)c(CN)cc1C. The second kappa shape index (κ2) is 4.14. The maximum atomic E-state index is 5.57. The topological polar surface area (TPSA) is 44.5 Å². The lowest BCUT2D eigenvalue weighted by molar-refractivity contribution is 0.389. The van der Waals surface area contributed by atoms with Gasteiger partial charge in [0.2, 0.25) is 0 Å². The standard InChI is InChI=1S/C10H15NO2/c1-7-4-8(6-11)10(13-3)5-9(7)12-2/h4-5H,6,11H2,1-3H3. The van der Waals surface area contributed by atoms with Crippen molar-refractivity contribution in [2.45, 2.75) is 13.5 Å². The van der Waals surface area contributed by atoms with Gasteiger partial charge in [-0.25, -0.2) is 0 Å². The summed E-state index contributed by atoms with van der Waals surface area (Å²) in [4.78, 5) is 0. The quantitative estimate of drug-likeness (QED) is 0.768. The van der Waals surface area contributed by atoms with Gasteiger partial charge in [0.15, 0.2) is 0 Å². The molecule has 0 aliphatic heterocycles. The van der Waals surface area contributed by atoms with Gasteiger partial charge in [-0.3, -0.25) is 0 Å². The summed E-state index contributed by atoms with van der Waals surface area (Å²) >= 11 is 0. The lowest BCUT2D eigenvalue weighted by Crippen LogP contribution is -2.01. The van der Waals surface area contributed by atoms with Crippen LogP contribution in [0.5, 0.6) is 11.5 Å². The van der Waals surface area contributed by atoms with Gasteiger partial charge in [-0.2, -0.15) is 0 Å². The molecule has 0 amide bonds. The fourth-order valence-electron chi connectivity index (χ4n) is 1.30. The highest BCUT2D eigenvalue weighted by Crippen LogP contribution is 2.27. The minimum atomic E-state index is 0.480. The van der Waals surface area contributed by atoms with E-state index >= 15 is 0 Å². The molecule has 2 N–H and O–H groups in total. The second-order valence-corrected chi connectivity index (χ2v) is 2.84. The van der Waals surface area contributed by atoms with Crippen LogP contribution in [-0.4, -0.2) is 14.2 Å². The average molecular weight is 181 g/mol. The predicted octanol–water partition coefficient (Wildman–Crippen LogP) is 1.47. The van der Waals surface area contributed by atoms with E-state index in [0.29, 0.717) is 6.54 Å². The normalized spacial score (nSPS) is 9.85. The summed E-state index contributed by atoms with van der Waals surface area (Å²) in [5.41, 5.74) is 7.64. The van der Waals surface area contributed by atoms with E-state index in [2.05, 4.69) is 0 Å². The Labute approximate surface area is 78.5 Å². The third-order valence-corrected chi connectivity index (χ3v) is 2.02. The fraction of sp³-hybridized carbons (Fsp3) is 0.400. The second-order valence-electron chi connectivity index (χ2n) is 2.84. The molecule has 1 aromatic rings. The molecule has 0 aliphatic rings. The van der Waals surface area contributed by atoms with Crippen LogP contribution < -0.4 is 15.2 Å². The summed E-state index contributed by atoms with van der Waals surface area (Å²) in [5.74, 6) is 1.61. The smallest absolute Gasteiger partial charge is 0.127 e. The maximum absolute atomic E-state index is 5.57. The molecule has 0 aliphatic carbocycles. The van der Waals surface area contributed by atoms with Crippen molar-refractivity contribution in [2.24, 2.45) is 5.73 Å². The Hall–Kier alpha value is -1.22. The summed E-state index contributed by atoms with van der Waals surface area (Å²) < 4.78 is 10.3. The number of aryl methyl sites for hydroxylation is 1. The number of hydrogen-bond acceptors (Lipinski definition) is 3. The number of methoxy groups -OCH3 is 2. The van der Waals surface area contributed by atoms with E-state index in [1.54, 1.807) is 14.2 Å². The van der Waals surface area contributed by atoms with Crippen molar-refractivity contribution in [3.63, 3.8) is 0 Å². The van der Waals surface area contributed by atoms with E-state index < -0.39 is 0 Å². The van der Waals surface area contributed by atoms with Gasteiger partial charge < -0.3 is 15.2 Å². The van der Waals surface area contributed by atoms with Crippen LogP contribution in [0.15, 0.2) is 12.1 Å². The summed E-state index contributed by atoms with van der Waals surface area (Å²) in [6.07, 6.45) is 0. The highest BCUT2D eigenvalue weighted by atomic mass is 16.5. The van der Waals surface area contributed by atoms with Crippen LogP contribution in [-0.2, 0) is 6.54 Å². The van der Waals surface area contributed by atoms with Gasteiger partial charge in [0.25, 0.3) is 0 Å². The molecule has 0 atom stereocenters. The van der Waals surface area contributed by atoms with Crippen molar-refractivity contribution in [3.8, 4) is 11.5 Å². The molecule has 0 unspecified atom stereocenters. The zero-order valence-corrected chi connectivity index (χ0v) is 8.26. The van der Waals surface area contributed by atoms with Gasteiger partial charge in [0.05, 0.1) is 14.2 Å². The van der Waals surface area contributed by atoms with Crippen molar-refractivity contribution < 1.29 is 9.47 Å². The molecular formula is C10H15NO2. The molecule has 0 bridgehead atoms. The molecule has 0 saturated carbocycles. The minimum absolute atomic E-state index is 0.480. The first-order chi connectivity index (χ1) is 6.22. The maximum Gasteiger partial charge on any atom is 0.127 e. The Morgan fingerprint density at radius 1 is 1.15 bits per heavy atom. The number of ether oxygens (including phenoxy) is 2. The molecule has 3 nitrogen and oxygen atoms in total. The summed E-state index contributed by atoms with van der Waals surface area (Å²) in [5, 5.41) is 0. The Morgan fingerprint density at radius 3 is 2.23 bits per heavy atom. The molecule has 0 fully saturated rings. The van der Waals surface area contributed by atoms with E-state index in [4.69, 9.17) is 15.2 Å². The molecule has 72 valence electrons. The van der Waals surface area contributed by atoms with Crippen molar-refractivity contribution in [2.75, 3.05) is 14.2 Å². The summed E-state index contributed by atoms with van der Waals surface area (Å²) in [6, 6.07) is 3.84. The highest BCUT2D eigenvalue weighted by Gasteiger charge is 2.06. The molecule has 0 aromatic heterocycles. The van der Waals surface area contributed by atoms with E-state index in [1.165, 1.54) is 0 Å². The van der Waals surface area contributed by atoms with Crippen LogP contribution in [0, 0.1) is 6.92 Å². The van der Waals surface area contributed by atoms with Crippen LogP contribution in [0.4, 0.5) is 0 Å². The summed E-state index contributed by atoms with van der Waals surface area (Å²) in [7, 11) is 3.27. The third kappa shape index (κ3) is 1.92. The van der Waals surface area contributed by atoms with Crippen LogP contribution >= 0.6 is 0 Å². The van der Waals surface area contributed by atoms with Crippen LogP contribution in [0.1, 0.15) is 11.1 Å². The van der Waals surface area contributed by atoms with Gasteiger partial charge >= 0.3 is 0 Å². The number of hydrogen-bond donors (Lipinski definition) is 1. The monoisotopic (exact) mass is 181 g/mol. The average Bonchev–Trinajstić information content (AvgIpc) is 2.17. The van der Waals surface area contributed by atoms with Crippen molar-refractivity contribution in [3.05, 3.63) is 23.3 Å². The Kier molecular flexibility index (Phi) is 3.14. The largest absolute Gasteiger partial charge is 0.496 e. The highest BCUT2D eigenvalue weighted by molar-refractivity contribution is 5.45. The van der Waals surface area contributed by atoms with Crippen molar-refractivity contribution >= 4 is 0 Å². The van der Waals surface area contributed by atoms with E-state index in [1.807, 2.05) is 19.1 Å². The van der Waals surface area contributed by atoms with Gasteiger partial charge in [-0.1, -0.05) is 0 Å². The van der Waals surface area contributed by atoms with Crippen LogP contribution in [0.3, 0.4) is 0 Å². The molecule has 0 spiro atoms. The summed E-state index contributed by atoms with van der Waals surface area (Å²) in [6.45, 7) is 2.46. The zero-order chi connectivity index (χ0) is 9.84.